The van der Waals surface area contributed by atoms with E-state index in [1.165, 1.54) is 6.07 Å². The van der Waals surface area contributed by atoms with Crippen molar-refractivity contribution >= 4 is 52.1 Å². The van der Waals surface area contributed by atoms with E-state index >= 15 is 0 Å². The molecule has 0 aliphatic carbocycles. The lowest BCUT2D eigenvalue weighted by molar-refractivity contribution is -0.122. The van der Waals surface area contributed by atoms with Crippen LogP contribution in [0, 0.1) is 39.5 Å². The number of carbonyl (C=O) groups excluding carboxylic acids is 2. The number of aliphatic imine (C=N–C) groups is 1. The molecule has 5 N–H and O–H groups in total. The lowest BCUT2D eigenvalue weighted by Gasteiger charge is -2.13. The van der Waals surface area contributed by atoms with Gasteiger partial charge in [-0.1, -0.05) is 35.6 Å². The zero-order valence-corrected chi connectivity index (χ0v) is 28.0. The number of fused-ring (bicyclic) bond motifs is 3. The first kappa shape index (κ1) is 33.5. The summed E-state index contributed by atoms with van der Waals surface area (Å²) in [6, 6.07) is 10.0. The monoisotopic (exact) mass is 671 g/mol. The van der Waals surface area contributed by atoms with Crippen molar-refractivity contribution in [3.8, 4) is 16.8 Å². The van der Waals surface area contributed by atoms with Crippen LogP contribution in [0.2, 0.25) is 5.02 Å². The zero-order chi connectivity index (χ0) is 33.8. The van der Waals surface area contributed by atoms with Gasteiger partial charge >= 0.3 is 5.97 Å². The van der Waals surface area contributed by atoms with Crippen LogP contribution < -0.4 is 16.4 Å². The fourth-order valence-electron chi connectivity index (χ4n) is 5.47. The van der Waals surface area contributed by atoms with Crippen LogP contribution >= 0.6 is 22.9 Å². The summed E-state index contributed by atoms with van der Waals surface area (Å²) in [5.74, 6) is 5.10. The minimum atomic E-state index is -1.11. The van der Waals surface area contributed by atoms with Crippen LogP contribution in [0.15, 0.2) is 41.4 Å². The van der Waals surface area contributed by atoms with E-state index in [2.05, 4.69) is 46.5 Å². The molecule has 0 spiro atoms. The first-order valence-corrected chi connectivity index (χ1v) is 16.2. The Labute approximate surface area is 281 Å². The number of aromatic nitrogens is 3. The Balaban J connectivity index is 1.27. The van der Waals surface area contributed by atoms with Crippen molar-refractivity contribution in [1.29, 1.82) is 0 Å². The zero-order valence-electron chi connectivity index (χ0n) is 26.4. The van der Waals surface area contributed by atoms with Crippen molar-refractivity contribution in [2.75, 3.05) is 18.4 Å². The molecule has 11 nitrogen and oxygen atoms in total. The van der Waals surface area contributed by atoms with Crippen LogP contribution in [-0.2, 0) is 9.59 Å². The Bertz CT molecular complexity index is 1970. The van der Waals surface area contributed by atoms with Gasteiger partial charge in [0.25, 0.3) is 0 Å². The van der Waals surface area contributed by atoms with E-state index in [-0.39, 0.29) is 48.9 Å². The third-order valence-corrected chi connectivity index (χ3v) is 9.24. The first-order chi connectivity index (χ1) is 22.5. The number of halogens is 1. The molecule has 0 bridgehead atoms. The van der Waals surface area contributed by atoms with Crippen molar-refractivity contribution in [2.45, 2.75) is 53.0 Å². The summed E-state index contributed by atoms with van der Waals surface area (Å²) in [5.41, 5.74) is 10.4. The van der Waals surface area contributed by atoms with Gasteiger partial charge in [-0.3, -0.25) is 19.1 Å². The number of nitrogens with one attached hydrogen (secondary N) is 2. The van der Waals surface area contributed by atoms with Gasteiger partial charge in [-0.25, -0.2) is 4.79 Å². The summed E-state index contributed by atoms with van der Waals surface area (Å²) < 4.78 is 1.99. The summed E-state index contributed by atoms with van der Waals surface area (Å²) in [7, 11) is 0. The molecule has 3 heterocycles. The van der Waals surface area contributed by atoms with Gasteiger partial charge in [0, 0.05) is 45.2 Å². The van der Waals surface area contributed by atoms with Crippen molar-refractivity contribution in [2.24, 2.45) is 10.7 Å². The highest BCUT2D eigenvalue weighted by molar-refractivity contribution is 7.15. The number of hydrogen-bond acceptors (Lipinski definition) is 8. The summed E-state index contributed by atoms with van der Waals surface area (Å²) in [6.07, 6.45) is 0.563. The topological polar surface area (TPSA) is 165 Å². The minimum absolute atomic E-state index is 0.0379. The quantitative estimate of drug-likeness (QED) is 0.143. The van der Waals surface area contributed by atoms with Crippen LogP contribution in [0.25, 0.3) is 5.00 Å². The molecule has 2 aromatic heterocycles. The molecule has 1 aliphatic heterocycles. The highest BCUT2D eigenvalue weighted by Crippen LogP contribution is 2.39. The number of nitrogens with two attached hydrogens (primary N) is 1. The highest BCUT2D eigenvalue weighted by Gasteiger charge is 2.32. The van der Waals surface area contributed by atoms with Crippen LogP contribution in [0.3, 0.4) is 0 Å². The summed E-state index contributed by atoms with van der Waals surface area (Å²) in [4.78, 5) is 43.9. The van der Waals surface area contributed by atoms with E-state index in [1.807, 2.05) is 35.8 Å². The molecule has 242 valence electrons. The Hall–Kier alpha value is -4.83. The smallest absolute Gasteiger partial charge is 0.337 e. The second kappa shape index (κ2) is 14.3. The Morgan fingerprint density at radius 3 is 2.53 bits per heavy atom. The minimum Gasteiger partial charge on any atom is -0.478 e. The summed E-state index contributed by atoms with van der Waals surface area (Å²) >= 11 is 7.83. The number of aryl methyl sites for hydroxylation is 3. The third kappa shape index (κ3) is 7.28. The number of thiophene rings is 1. The predicted octanol–water partition coefficient (Wildman–Crippen LogP) is 5.04. The van der Waals surface area contributed by atoms with E-state index in [4.69, 9.17) is 22.3 Å². The van der Waals surface area contributed by atoms with Crippen molar-refractivity contribution in [3.63, 3.8) is 0 Å². The Morgan fingerprint density at radius 1 is 1.09 bits per heavy atom. The summed E-state index contributed by atoms with van der Waals surface area (Å²) in [5, 5.41) is 25.6. The number of nitrogens with zero attached hydrogens (tertiary/aromatic N) is 4. The average Bonchev–Trinajstić information content (AvgIpc) is 3.50. The van der Waals surface area contributed by atoms with Crippen molar-refractivity contribution < 1.29 is 19.5 Å². The molecule has 47 heavy (non-hydrogen) atoms. The van der Waals surface area contributed by atoms with E-state index in [1.54, 1.807) is 24.3 Å². The van der Waals surface area contributed by atoms with Crippen LogP contribution in [0.1, 0.15) is 80.0 Å². The number of aromatic carboxylic acids is 1. The molecule has 5 rings (SSSR count). The second-order valence-electron chi connectivity index (χ2n) is 11.1. The average molecular weight is 672 g/mol. The molecule has 0 saturated heterocycles. The van der Waals surface area contributed by atoms with Gasteiger partial charge in [0.1, 0.15) is 16.9 Å². The largest absolute Gasteiger partial charge is 0.478 e. The molecule has 0 radical (unpaired) electrons. The molecule has 0 saturated carbocycles. The Morgan fingerprint density at radius 2 is 1.83 bits per heavy atom. The maximum atomic E-state index is 13.2. The summed E-state index contributed by atoms with van der Waals surface area (Å²) in [6.45, 7) is 8.02. The highest BCUT2D eigenvalue weighted by atomic mass is 35.5. The normalized spacial score (nSPS) is 13.4. The van der Waals surface area contributed by atoms with Gasteiger partial charge < -0.3 is 21.5 Å². The van der Waals surface area contributed by atoms with E-state index in [0.717, 1.165) is 32.3 Å². The van der Waals surface area contributed by atoms with E-state index < -0.39 is 12.0 Å². The van der Waals surface area contributed by atoms with Gasteiger partial charge in [0.05, 0.1) is 24.2 Å². The number of anilines is 1. The SMILES string of the molecule is Cc1cc(NC(=O)CCCNC(=O)C[C@@H]2N=C(c3ccc(Cl)cc3)c3c(sc(C)c3C)-n3c(C)nnc32)cc(C#CCN)c1C(=O)O. The van der Waals surface area contributed by atoms with Gasteiger partial charge in [0.15, 0.2) is 5.82 Å². The van der Waals surface area contributed by atoms with E-state index in [0.29, 0.717) is 34.3 Å². The molecule has 4 aromatic rings. The lowest BCUT2D eigenvalue weighted by Crippen LogP contribution is -2.27. The first-order valence-electron chi connectivity index (χ1n) is 15.0. The molecular formula is C34H34ClN7O4S. The molecule has 1 aliphatic rings. The molecular weight excluding hydrogens is 638 g/mol. The predicted molar refractivity (Wildman–Crippen MR) is 183 cm³/mol. The van der Waals surface area contributed by atoms with Gasteiger partial charge in [-0.15, -0.1) is 21.5 Å². The third-order valence-electron chi connectivity index (χ3n) is 7.80. The number of hydrogen-bond donors (Lipinski definition) is 4. The number of rotatable bonds is 9. The number of benzene rings is 2. The maximum Gasteiger partial charge on any atom is 0.337 e. The van der Waals surface area contributed by atoms with Crippen LogP contribution in [-0.4, -0.2) is 56.5 Å². The molecule has 0 unspecified atom stereocenters. The van der Waals surface area contributed by atoms with Gasteiger partial charge in [-0.2, -0.15) is 0 Å². The molecule has 2 aromatic carbocycles. The van der Waals surface area contributed by atoms with Crippen LogP contribution in [0.4, 0.5) is 5.69 Å². The standard InChI is InChI=1S/C34H34ClN7O4S/c1-18-15-25(16-23(7-5-13-36)29(18)34(45)46)38-27(43)8-6-14-37-28(44)17-26-32-41-40-21(4)42(32)33-30(19(2)20(3)47-33)31(39-26)22-9-11-24(35)12-10-22/h9-12,15-16,26H,6,8,13-14,17,36H2,1-4H3,(H,37,44)(H,38,43)(H,45,46)/t26-/m0/s1. The molecule has 0 fully saturated rings. The van der Waals surface area contributed by atoms with E-state index in [9.17, 15) is 19.5 Å². The number of amides is 2. The fraction of sp³-hybridized carbons (Fsp3) is 0.294. The Kier molecular flexibility index (Phi) is 10.2. The number of carboxylic acids is 1. The van der Waals surface area contributed by atoms with Gasteiger partial charge in [-0.05, 0) is 69.5 Å². The van der Waals surface area contributed by atoms with Gasteiger partial charge in [0.2, 0.25) is 11.8 Å². The maximum absolute atomic E-state index is 13.2. The number of carbonyl (C=O) groups is 3. The van der Waals surface area contributed by atoms with Crippen molar-refractivity contribution in [3.05, 3.63) is 91.3 Å². The molecule has 13 heteroatoms. The molecule has 1 atom stereocenters. The fourth-order valence-corrected chi connectivity index (χ4v) is 6.81. The molecule has 2 amide bonds. The van der Waals surface area contributed by atoms with Crippen molar-refractivity contribution in [1.82, 2.24) is 20.1 Å². The van der Waals surface area contributed by atoms with Crippen LogP contribution in [0.5, 0.6) is 0 Å². The lowest BCUT2D eigenvalue weighted by atomic mass is 9.99. The second-order valence-corrected chi connectivity index (χ2v) is 12.8. The number of carboxylic acid groups (broad SMARTS) is 1.